The van der Waals surface area contributed by atoms with E-state index in [1.54, 1.807) is 6.92 Å². The minimum atomic E-state index is -0.0193. The second kappa shape index (κ2) is 4.78. The van der Waals surface area contributed by atoms with E-state index >= 15 is 0 Å². The summed E-state index contributed by atoms with van der Waals surface area (Å²) in [5.74, 6) is 0. The van der Waals surface area contributed by atoms with Crippen molar-refractivity contribution in [2.75, 3.05) is 6.61 Å². The van der Waals surface area contributed by atoms with Gasteiger partial charge in [0.25, 0.3) is 0 Å². The average Bonchev–Trinajstić information content (AvgIpc) is 1.81. The summed E-state index contributed by atoms with van der Waals surface area (Å²) in [7, 11) is 0. The molecule has 0 aliphatic rings. The van der Waals surface area contributed by atoms with Crippen molar-refractivity contribution in [3.63, 3.8) is 0 Å². The summed E-state index contributed by atoms with van der Waals surface area (Å²) in [5, 5.41) is 8.72. The Morgan fingerprint density at radius 1 is 1.55 bits per heavy atom. The molecule has 0 atom stereocenters. The molecule has 0 aromatic carbocycles. The van der Waals surface area contributed by atoms with Crippen molar-refractivity contribution in [3.05, 3.63) is 0 Å². The van der Waals surface area contributed by atoms with Gasteiger partial charge in [-0.1, -0.05) is 25.6 Å². The van der Waals surface area contributed by atoms with Gasteiger partial charge in [0.05, 0.1) is 0 Å². The van der Waals surface area contributed by atoms with Gasteiger partial charge in [-0.05, 0) is 12.8 Å². The van der Waals surface area contributed by atoms with Gasteiger partial charge in [0.1, 0.15) is 0 Å². The van der Waals surface area contributed by atoms with E-state index in [0.717, 1.165) is 12.8 Å². The molecule has 0 spiro atoms. The number of aliphatic hydroxyl groups is 1. The number of carbonyl (C=O) groups is 1. The Kier molecular flexibility index (Phi) is 4.77. The molecule has 1 N–H and O–H groups in total. The van der Waals surface area contributed by atoms with Crippen molar-refractivity contribution in [1.29, 1.82) is 0 Å². The van der Waals surface area contributed by atoms with Crippen LogP contribution in [0.25, 0.3) is 0 Å². The maximum atomic E-state index is 10.7. The minimum Gasteiger partial charge on any atom is -0.396 e. The maximum Gasteiger partial charge on any atom is 0.186 e. The largest absolute Gasteiger partial charge is 0.396 e. The van der Waals surface area contributed by atoms with Crippen LogP contribution in [0, 0.1) is 0 Å². The normalized spacial score (nSPS) is 11.6. The number of carbonyl (C=O) groups excluding carboxylic acids is 1. The minimum absolute atomic E-state index is 0.0193. The second-order valence-corrected chi connectivity index (χ2v) is 5.06. The predicted octanol–water partition coefficient (Wildman–Crippen LogP) is 1.82. The number of thioether (sulfide) groups is 1. The SMILES string of the molecule is CC(=O)SC(C)(C)CCCO. The molecule has 0 amide bonds. The smallest absolute Gasteiger partial charge is 0.186 e. The molecular weight excluding hydrogens is 160 g/mol. The van der Waals surface area contributed by atoms with Crippen LogP contribution in [-0.2, 0) is 4.79 Å². The monoisotopic (exact) mass is 176 g/mol. The summed E-state index contributed by atoms with van der Waals surface area (Å²) >= 11 is 1.35. The molecule has 3 heteroatoms. The highest BCUT2D eigenvalue weighted by atomic mass is 32.2. The highest BCUT2D eigenvalue weighted by molar-refractivity contribution is 8.14. The van der Waals surface area contributed by atoms with Gasteiger partial charge in [0, 0.05) is 18.3 Å². The Bertz CT molecular complexity index is 132. The first-order valence-corrected chi connectivity index (χ1v) is 4.60. The number of hydrogen-bond acceptors (Lipinski definition) is 3. The maximum absolute atomic E-state index is 10.7. The van der Waals surface area contributed by atoms with Gasteiger partial charge in [0.2, 0.25) is 0 Å². The molecule has 0 radical (unpaired) electrons. The van der Waals surface area contributed by atoms with Crippen molar-refractivity contribution < 1.29 is 9.90 Å². The average molecular weight is 176 g/mol. The number of hydrogen-bond donors (Lipinski definition) is 1. The fourth-order valence-electron chi connectivity index (χ4n) is 0.945. The lowest BCUT2D eigenvalue weighted by atomic mass is 10.1. The number of rotatable bonds is 4. The van der Waals surface area contributed by atoms with Crippen LogP contribution in [0.15, 0.2) is 0 Å². The quantitative estimate of drug-likeness (QED) is 0.710. The van der Waals surface area contributed by atoms with E-state index in [1.807, 2.05) is 13.8 Å². The molecule has 0 aliphatic carbocycles. The van der Waals surface area contributed by atoms with Crippen LogP contribution in [-0.4, -0.2) is 21.6 Å². The Hall–Kier alpha value is -0.0200. The summed E-state index contributed by atoms with van der Waals surface area (Å²) in [6.07, 6.45) is 1.65. The first-order chi connectivity index (χ1) is 4.98. The molecule has 0 heterocycles. The fourth-order valence-corrected chi connectivity index (χ4v) is 1.97. The molecular formula is C8H16O2S. The molecule has 0 aliphatic heterocycles. The second-order valence-electron chi connectivity index (χ2n) is 3.18. The highest BCUT2D eigenvalue weighted by Crippen LogP contribution is 2.29. The zero-order chi connectivity index (χ0) is 8.91. The van der Waals surface area contributed by atoms with E-state index < -0.39 is 0 Å². The van der Waals surface area contributed by atoms with Gasteiger partial charge in [-0.2, -0.15) is 0 Å². The molecule has 66 valence electrons. The molecule has 0 aromatic heterocycles. The topological polar surface area (TPSA) is 37.3 Å². The van der Waals surface area contributed by atoms with Crippen molar-refractivity contribution >= 4 is 16.9 Å². The Morgan fingerprint density at radius 3 is 2.45 bits per heavy atom. The lowest BCUT2D eigenvalue weighted by Gasteiger charge is -2.21. The van der Waals surface area contributed by atoms with Crippen LogP contribution in [0.1, 0.15) is 33.6 Å². The van der Waals surface area contributed by atoms with E-state index in [9.17, 15) is 4.79 Å². The van der Waals surface area contributed by atoms with Crippen LogP contribution in [0.3, 0.4) is 0 Å². The number of aliphatic hydroxyl groups excluding tert-OH is 1. The van der Waals surface area contributed by atoms with E-state index in [1.165, 1.54) is 11.8 Å². The molecule has 0 fully saturated rings. The van der Waals surface area contributed by atoms with Crippen molar-refractivity contribution in [2.24, 2.45) is 0 Å². The molecule has 0 bridgehead atoms. The summed E-state index contributed by atoms with van der Waals surface area (Å²) in [4.78, 5) is 10.7. The van der Waals surface area contributed by atoms with Gasteiger partial charge in [-0.15, -0.1) is 0 Å². The standard InChI is InChI=1S/C8H16O2S/c1-7(10)11-8(2,3)5-4-6-9/h9H,4-6H2,1-3H3. The van der Waals surface area contributed by atoms with Crippen molar-refractivity contribution in [3.8, 4) is 0 Å². The van der Waals surface area contributed by atoms with E-state index in [0.29, 0.717) is 0 Å². The first kappa shape index (κ1) is 11.0. The molecule has 0 unspecified atom stereocenters. The summed E-state index contributed by atoms with van der Waals surface area (Å²) < 4.78 is -0.0193. The molecule has 0 saturated carbocycles. The Balaban J connectivity index is 3.70. The van der Waals surface area contributed by atoms with Crippen LogP contribution in [0.4, 0.5) is 0 Å². The van der Waals surface area contributed by atoms with E-state index in [4.69, 9.17) is 5.11 Å². The lowest BCUT2D eigenvalue weighted by molar-refractivity contribution is -0.109. The van der Waals surface area contributed by atoms with Gasteiger partial charge >= 0.3 is 0 Å². The Labute approximate surface area is 72.4 Å². The third-order valence-electron chi connectivity index (χ3n) is 1.36. The van der Waals surface area contributed by atoms with Gasteiger partial charge in [-0.3, -0.25) is 4.79 Å². The van der Waals surface area contributed by atoms with Gasteiger partial charge in [0.15, 0.2) is 5.12 Å². The van der Waals surface area contributed by atoms with Crippen LogP contribution < -0.4 is 0 Å². The molecule has 11 heavy (non-hydrogen) atoms. The Morgan fingerprint density at radius 2 is 2.09 bits per heavy atom. The van der Waals surface area contributed by atoms with E-state index in [2.05, 4.69) is 0 Å². The van der Waals surface area contributed by atoms with Crippen molar-refractivity contribution in [2.45, 2.75) is 38.4 Å². The summed E-state index contributed by atoms with van der Waals surface area (Å²) in [6.45, 7) is 5.83. The first-order valence-electron chi connectivity index (χ1n) is 3.78. The molecule has 0 saturated heterocycles. The third kappa shape index (κ3) is 6.38. The van der Waals surface area contributed by atoms with Crippen LogP contribution >= 0.6 is 11.8 Å². The highest BCUT2D eigenvalue weighted by Gasteiger charge is 2.19. The lowest BCUT2D eigenvalue weighted by Crippen LogP contribution is -2.16. The molecule has 0 aromatic rings. The van der Waals surface area contributed by atoms with Crippen molar-refractivity contribution in [1.82, 2.24) is 0 Å². The third-order valence-corrected chi connectivity index (χ3v) is 2.40. The summed E-state index contributed by atoms with van der Waals surface area (Å²) in [6, 6.07) is 0. The van der Waals surface area contributed by atoms with Gasteiger partial charge in [-0.25, -0.2) is 0 Å². The zero-order valence-corrected chi connectivity index (χ0v) is 8.20. The summed E-state index contributed by atoms with van der Waals surface area (Å²) in [5.41, 5.74) is 0. The zero-order valence-electron chi connectivity index (χ0n) is 7.39. The predicted molar refractivity (Wildman–Crippen MR) is 48.7 cm³/mol. The van der Waals surface area contributed by atoms with Crippen LogP contribution in [0.5, 0.6) is 0 Å². The molecule has 2 nitrogen and oxygen atoms in total. The fraction of sp³-hybridized carbons (Fsp3) is 0.875. The van der Waals surface area contributed by atoms with Crippen LogP contribution in [0.2, 0.25) is 0 Å². The molecule has 0 rings (SSSR count). The van der Waals surface area contributed by atoms with Gasteiger partial charge < -0.3 is 5.11 Å². The van der Waals surface area contributed by atoms with E-state index in [-0.39, 0.29) is 16.5 Å².